The van der Waals surface area contributed by atoms with Crippen LogP contribution < -0.4 is 5.73 Å². The number of aromatic nitrogens is 2. The third-order valence-corrected chi connectivity index (χ3v) is 2.94. The molecule has 0 bridgehead atoms. The van der Waals surface area contributed by atoms with Crippen molar-refractivity contribution in [2.75, 3.05) is 0 Å². The van der Waals surface area contributed by atoms with E-state index in [1.165, 1.54) is 11.3 Å². The number of carbonyl (C=O) groups is 1. The van der Waals surface area contributed by atoms with E-state index in [0.29, 0.717) is 4.88 Å². The quantitative estimate of drug-likeness (QED) is 0.707. The van der Waals surface area contributed by atoms with Crippen LogP contribution in [0.2, 0.25) is 0 Å². The zero-order chi connectivity index (χ0) is 8.72. The first-order valence-corrected chi connectivity index (χ1v) is 4.23. The number of primary amides is 1. The van der Waals surface area contributed by atoms with Gasteiger partial charge in [-0.25, -0.2) is 4.98 Å². The van der Waals surface area contributed by atoms with Gasteiger partial charge in [-0.15, -0.1) is 11.3 Å². The van der Waals surface area contributed by atoms with Crippen molar-refractivity contribution in [3.63, 3.8) is 0 Å². The fourth-order valence-corrected chi connectivity index (χ4v) is 2.08. The third kappa shape index (κ3) is 0.831. The molecule has 4 nitrogen and oxygen atoms in total. The lowest BCUT2D eigenvalue weighted by atomic mass is 10.4. The molecule has 2 heterocycles. The molecule has 0 saturated carbocycles. The molecule has 0 unspecified atom stereocenters. The van der Waals surface area contributed by atoms with E-state index in [1.807, 2.05) is 11.3 Å². The summed E-state index contributed by atoms with van der Waals surface area (Å²) in [6, 6.07) is 0. The maximum Gasteiger partial charge on any atom is 0.260 e. The van der Waals surface area contributed by atoms with E-state index in [1.54, 1.807) is 12.5 Å². The highest BCUT2D eigenvalue weighted by atomic mass is 32.1. The van der Waals surface area contributed by atoms with E-state index in [2.05, 4.69) is 4.98 Å². The van der Waals surface area contributed by atoms with E-state index in [0.717, 1.165) is 10.5 Å². The summed E-state index contributed by atoms with van der Waals surface area (Å²) in [5.74, 6) is -0.374. The second-order valence-electron chi connectivity index (χ2n) is 2.48. The predicted octanol–water partition coefficient (Wildman–Crippen LogP) is 0.803. The molecule has 5 heteroatoms. The summed E-state index contributed by atoms with van der Waals surface area (Å²) in [4.78, 5) is 16.4. The summed E-state index contributed by atoms with van der Waals surface area (Å²) in [5.41, 5.74) is 6.04. The van der Waals surface area contributed by atoms with Crippen LogP contribution in [0.5, 0.6) is 0 Å². The van der Waals surface area contributed by atoms with Crippen molar-refractivity contribution in [2.24, 2.45) is 5.73 Å². The number of nitrogens with zero attached hydrogens (tertiary/aromatic N) is 2. The number of hydrogen-bond acceptors (Lipinski definition) is 3. The first-order chi connectivity index (χ1) is 5.70. The summed E-state index contributed by atoms with van der Waals surface area (Å²) >= 11 is 1.36. The Balaban J connectivity index is 2.78. The standard InChI is InChI=1S/C7H7N3OS/c1-4-6(7(8)11)12-5-2-9-3-10(4)5/h2-3H,1H3,(H2,8,11). The molecule has 1 amide bonds. The molecule has 0 aliphatic heterocycles. The highest BCUT2D eigenvalue weighted by molar-refractivity contribution is 7.19. The van der Waals surface area contributed by atoms with Gasteiger partial charge in [0, 0.05) is 5.69 Å². The summed E-state index contributed by atoms with van der Waals surface area (Å²) in [6.07, 6.45) is 3.39. The van der Waals surface area contributed by atoms with E-state index >= 15 is 0 Å². The minimum atomic E-state index is -0.374. The number of hydrogen-bond donors (Lipinski definition) is 1. The van der Waals surface area contributed by atoms with Crippen LogP contribution >= 0.6 is 11.3 Å². The van der Waals surface area contributed by atoms with Gasteiger partial charge in [-0.05, 0) is 6.92 Å². The van der Waals surface area contributed by atoms with Crippen molar-refractivity contribution in [2.45, 2.75) is 6.92 Å². The molecular formula is C7H7N3OS. The van der Waals surface area contributed by atoms with Crippen molar-refractivity contribution < 1.29 is 4.79 Å². The summed E-state index contributed by atoms with van der Waals surface area (Å²) in [5, 5.41) is 0. The van der Waals surface area contributed by atoms with Crippen LogP contribution in [0.15, 0.2) is 12.5 Å². The lowest BCUT2D eigenvalue weighted by Gasteiger charge is -1.90. The molecule has 0 radical (unpaired) electrons. The van der Waals surface area contributed by atoms with Gasteiger partial charge in [0.05, 0.1) is 6.20 Å². The maximum absolute atomic E-state index is 10.9. The number of imidazole rings is 1. The molecule has 0 spiro atoms. The van der Waals surface area contributed by atoms with Crippen LogP contribution in [-0.4, -0.2) is 15.3 Å². The molecule has 0 fully saturated rings. The number of amides is 1. The smallest absolute Gasteiger partial charge is 0.260 e. The van der Waals surface area contributed by atoms with Crippen molar-refractivity contribution in [3.8, 4) is 0 Å². The fraction of sp³-hybridized carbons (Fsp3) is 0.143. The van der Waals surface area contributed by atoms with Crippen LogP contribution in [0.25, 0.3) is 4.83 Å². The summed E-state index contributed by atoms with van der Waals surface area (Å²) in [6.45, 7) is 1.85. The molecule has 2 rings (SSSR count). The van der Waals surface area contributed by atoms with Crippen molar-refractivity contribution >= 4 is 22.1 Å². The Morgan fingerprint density at radius 3 is 3.08 bits per heavy atom. The van der Waals surface area contributed by atoms with Crippen LogP contribution in [0, 0.1) is 6.92 Å². The molecular weight excluding hydrogens is 174 g/mol. The van der Waals surface area contributed by atoms with Crippen molar-refractivity contribution in [3.05, 3.63) is 23.1 Å². The van der Waals surface area contributed by atoms with Gasteiger partial charge in [-0.2, -0.15) is 0 Å². The minimum Gasteiger partial charge on any atom is -0.365 e. The van der Waals surface area contributed by atoms with Gasteiger partial charge in [0.15, 0.2) is 0 Å². The van der Waals surface area contributed by atoms with E-state index < -0.39 is 0 Å². The van der Waals surface area contributed by atoms with Crippen LogP contribution in [-0.2, 0) is 0 Å². The monoisotopic (exact) mass is 181 g/mol. The van der Waals surface area contributed by atoms with Gasteiger partial charge in [0.1, 0.15) is 16.0 Å². The lowest BCUT2D eigenvalue weighted by molar-refractivity contribution is 0.100. The highest BCUT2D eigenvalue weighted by Crippen LogP contribution is 2.21. The number of rotatable bonds is 1. The largest absolute Gasteiger partial charge is 0.365 e. The maximum atomic E-state index is 10.9. The molecule has 2 N–H and O–H groups in total. The topological polar surface area (TPSA) is 60.4 Å². The first kappa shape index (κ1) is 7.30. The Bertz CT molecular complexity index is 442. The predicted molar refractivity (Wildman–Crippen MR) is 46.3 cm³/mol. The second kappa shape index (κ2) is 2.31. The third-order valence-electron chi connectivity index (χ3n) is 1.72. The van der Waals surface area contributed by atoms with E-state index in [4.69, 9.17) is 5.73 Å². The Hall–Kier alpha value is -1.36. The Morgan fingerprint density at radius 2 is 2.50 bits per heavy atom. The molecule has 0 aliphatic carbocycles. The molecule has 2 aromatic heterocycles. The average Bonchev–Trinajstić information content (AvgIpc) is 2.53. The molecule has 0 aromatic carbocycles. The Kier molecular flexibility index (Phi) is 1.41. The van der Waals surface area contributed by atoms with Crippen LogP contribution in [0.3, 0.4) is 0 Å². The van der Waals surface area contributed by atoms with Crippen LogP contribution in [0.1, 0.15) is 15.4 Å². The zero-order valence-corrected chi connectivity index (χ0v) is 7.26. The van der Waals surface area contributed by atoms with Gasteiger partial charge in [0.25, 0.3) is 5.91 Å². The fourth-order valence-electron chi connectivity index (χ4n) is 1.13. The second-order valence-corrected chi connectivity index (χ2v) is 3.51. The number of thiazole rings is 1. The van der Waals surface area contributed by atoms with E-state index in [9.17, 15) is 4.79 Å². The minimum absolute atomic E-state index is 0.374. The number of carbonyl (C=O) groups excluding carboxylic acids is 1. The average molecular weight is 181 g/mol. The molecule has 0 atom stereocenters. The molecule has 0 saturated heterocycles. The first-order valence-electron chi connectivity index (χ1n) is 3.41. The van der Waals surface area contributed by atoms with Crippen LogP contribution in [0.4, 0.5) is 0 Å². The number of fused-ring (bicyclic) bond motifs is 1. The molecule has 2 aromatic rings. The Labute approximate surface area is 72.6 Å². The van der Waals surface area contributed by atoms with Gasteiger partial charge >= 0.3 is 0 Å². The number of nitrogens with two attached hydrogens (primary N) is 1. The summed E-state index contributed by atoms with van der Waals surface area (Å²) in [7, 11) is 0. The number of aryl methyl sites for hydroxylation is 1. The molecule has 0 aliphatic rings. The van der Waals surface area contributed by atoms with Crippen molar-refractivity contribution in [1.82, 2.24) is 9.38 Å². The van der Waals surface area contributed by atoms with Gasteiger partial charge < -0.3 is 5.73 Å². The van der Waals surface area contributed by atoms with Gasteiger partial charge in [0.2, 0.25) is 0 Å². The van der Waals surface area contributed by atoms with E-state index in [-0.39, 0.29) is 5.91 Å². The zero-order valence-electron chi connectivity index (χ0n) is 6.44. The normalized spacial score (nSPS) is 10.8. The van der Waals surface area contributed by atoms with Crippen molar-refractivity contribution in [1.29, 1.82) is 0 Å². The van der Waals surface area contributed by atoms with Gasteiger partial charge in [-0.3, -0.25) is 9.20 Å². The molecule has 62 valence electrons. The summed E-state index contributed by atoms with van der Waals surface area (Å²) < 4.78 is 1.85. The SMILES string of the molecule is Cc1c(C(N)=O)sc2cncn12. The Morgan fingerprint density at radius 1 is 1.75 bits per heavy atom. The lowest BCUT2D eigenvalue weighted by Crippen LogP contribution is -2.10. The van der Waals surface area contributed by atoms with Gasteiger partial charge in [-0.1, -0.05) is 0 Å². The molecule has 12 heavy (non-hydrogen) atoms. The highest BCUT2D eigenvalue weighted by Gasteiger charge is 2.11.